The molecule has 0 aliphatic heterocycles. The lowest BCUT2D eigenvalue weighted by Crippen LogP contribution is -2.15. The monoisotopic (exact) mass is 204 g/mol. The van der Waals surface area contributed by atoms with E-state index in [2.05, 4.69) is 15.9 Å². The van der Waals surface area contributed by atoms with Gasteiger partial charge in [-0.05, 0) is 31.6 Å². The fourth-order valence-electron chi connectivity index (χ4n) is 1.48. The van der Waals surface area contributed by atoms with Crippen molar-refractivity contribution in [1.82, 2.24) is 0 Å². The molecule has 1 rings (SSSR count). The van der Waals surface area contributed by atoms with Crippen molar-refractivity contribution in [2.75, 3.05) is 5.33 Å². The number of carbonyl (C=O) groups excluding carboxylic acids is 1. The Kier molecular flexibility index (Phi) is 3.40. The average Bonchev–Trinajstić information content (AvgIpc) is 2.05. The van der Waals surface area contributed by atoms with E-state index >= 15 is 0 Å². The van der Waals surface area contributed by atoms with E-state index in [1.54, 1.807) is 0 Å². The molecule has 0 aromatic carbocycles. The van der Waals surface area contributed by atoms with Crippen LogP contribution < -0.4 is 0 Å². The third-order valence-corrected chi connectivity index (χ3v) is 3.22. The van der Waals surface area contributed by atoms with Crippen molar-refractivity contribution < 1.29 is 4.79 Å². The highest BCUT2D eigenvalue weighted by atomic mass is 79.9. The molecule has 58 valence electrons. The Morgan fingerprint density at radius 1 is 1.30 bits per heavy atom. The van der Waals surface area contributed by atoms with Gasteiger partial charge in [0.15, 0.2) is 0 Å². The Morgan fingerprint density at radius 3 is 2.30 bits per heavy atom. The van der Waals surface area contributed by atoms with Gasteiger partial charge < -0.3 is 4.79 Å². The van der Waals surface area contributed by atoms with E-state index in [1.165, 1.54) is 12.8 Å². The Bertz CT molecular complexity index is 106. The van der Waals surface area contributed by atoms with Crippen LogP contribution >= 0.6 is 15.9 Å². The molecule has 0 bridgehead atoms. The van der Waals surface area contributed by atoms with Crippen LogP contribution in [0.25, 0.3) is 0 Å². The molecule has 0 radical (unpaired) electrons. The van der Waals surface area contributed by atoms with E-state index in [0.29, 0.717) is 5.92 Å². The number of hydrogen-bond acceptors (Lipinski definition) is 1. The van der Waals surface area contributed by atoms with Crippen molar-refractivity contribution in [2.45, 2.75) is 25.7 Å². The van der Waals surface area contributed by atoms with Gasteiger partial charge in [0.2, 0.25) is 0 Å². The van der Waals surface area contributed by atoms with Gasteiger partial charge in [-0.3, -0.25) is 0 Å². The Hall–Kier alpha value is 0.150. The predicted octanol–water partition coefficient (Wildman–Crippen LogP) is 2.39. The van der Waals surface area contributed by atoms with E-state index in [1.807, 2.05) is 0 Å². The zero-order chi connectivity index (χ0) is 7.40. The lowest BCUT2D eigenvalue weighted by molar-refractivity contribution is -0.112. The van der Waals surface area contributed by atoms with E-state index in [4.69, 9.17) is 0 Å². The van der Waals surface area contributed by atoms with E-state index in [0.717, 1.165) is 30.4 Å². The second-order valence-electron chi connectivity index (χ2n) is 3.07. The minimum absolute atomic E-state index is 0.371. The number of rotatable bonds is 2. The molecule has 1 nitrogen and oxygen atoms in total. The number of aldehydes is 1. The smallest absolute Gasteiger partial charge is 0.123 e. The highest BCUT2D eigenvalue weighted by molar-refractivity contribution is 9.09. The van der Waals surface area contributed by atoms with Gasteiger partial charge in [0.25, 0.3) is 0 Å². The third kappa shape index (κ3) is 2.08. The maximum Gasteiger partial charge on any atom is 0.123 e. The summed E-state index contributed by atoms with van der Waals surface area (Å²) < 4.78 is 0. The van der Waals surface area contributed by atoms with Crippen molar-refractivity contribution in [3.05, 3.63) is 0 Å². The summed E-state index contributed by atoms with van der Waals surface area (Å²) in [6, 6.07) is 0. The maximum absolute atomic E-state index is 10.3. The summed E-state index contributed by atoms with van der Waals surface area (Å²) in [6.07, 6.45) is 5.80. The molecule has 1 saturated carbocycles. The minimum atomic E-state index is 0.371. The molecule has 1 aliphatic carbocycles. The van der Waals surface area contributed by atoms with E-state index < -0.39 is 0 Å². The van der Waals surface area contributed by atoms with Gasteiger partial charge in [-0.25, -0.2) is 0 Å². The first-order chi connectivity index (χ1) is 4.86. The quantitative estimate of drug-likeness (QED) is 0.499. The number of halogens is 1. The Balaban J connectivity index is 2.23. The summed E-state index contributed by atoms with van der Waals surface area (Å²) in [5.74, 6) is 1.20. The number of hydrogen-bond donors (Lipinski definition) is 0. The molecule has 1 fully saturated rings. The lowest BCUT2D eigenvalue weighted by atomic mass is 9.84. The van der Waals surface area contributed by atoms with Crippen molar-refractivity contribution in [3.63, 3.8) is 0 Å². The third-order valence-electron chi connectivity index (χ3n) is 2.30. The molecule has 0 aromatic heterocycles. The van der Waals surface area contributed by atoms with Crippen LogP contribution in [-0.2, 0) is 4.79 Å². The van der Waals surface area contributed by atoms with Crippen molar-refractivity contribution in [3.8, 4) is 0 Å². The minimum Gasteiger partial charge on any atom is -0.303 e. The van der Waals surface area contributed by atoms with Gasteiger partial charge in [-0.2, -0.15) is 0 Å². The zero-order valence-electron chi connectivity index (χ0n) is 6.05. The average molecular weight is 205 g/mol. The van der Waals surface area contributed by atoms with Gasteiger partial charge in [-0.1, -0.05) is 15.9 Å². The van der Waals surface area contributed by atoms with Gasteiger partial charge >= 0.3 is 0 Å². The number of carbonyl (C=O) groups is 1. The van der Waals surface area contributed by atoms with Crippen LogP contribution in [0.15, 0.2) is 0 Å². The number of alkyl halides is 1. The van der Waals surface area contributed by atoms with Gasteiger partial charge in [0.05, 0.1) is 0 Å². The fraction of sp³-hybridized carbons (Fsp3) is 0.875. The van der Waals surface area contributed by atoms with Crippen LogP contribution in [0.2, 0.25) is 0 Å². The molecule has 1 aliphatic rings. The molecule has 0 aromatic rings. The summed E-state index contributed by atoms with van der Waals surface area (Å²) in [7, 11) is 0. The summed E-state index contributed by atoms with van der Waals surface area (Å²) in [6.45, 7) is 0. The van der Waals surface area contributed by atoms with E-state index in [9.17, 15) is 4.79 Å². The molecule has 0 saturated heterocycles. The standard InChI is InChI=1S/C8H13BrO/c9-5-7-1-3-8(6-10)4-2-7/h6-8H,1-5H2. The molecule has 10 heavy (non-hydrogen) atoms. The highest BCUT2D eigenvalue weighted by Gasteiger charge is 2.19. The van der Waals surface area contributed by atoms with E-state index in [-0.39, 0.29) is 0 Å². The van der Waals surface area contributed by atoms with Crippen molar-refractivity contribution in [1.29, 1.82) is 0 Å². The lowest BCUT2D eigenvalue weighted by Gasteiger charge is -2.23. The molecular formula is C8H13BrO. The molecule has 0 atom stereocenters. The van der Waals surface area contributed by atoms with Gasteiger partial charge in [0.1, 0.15) is 6.29 Å². The van der Waals surface area contributed by atoms with Gasteiger partial charge in [-0.15, -0.1) is 0 Å². The topological polar surface area (TPSA) is 17.1 Å². The fourth-order valence-corrected chi connectivity index (χ4v) is 2.13. The molecule has 0 amide bonds. The summed E-state index contributed by atoms with van der Waals surface area (Å²) >= 11 is 3.46. The zero-order valence-corrected chi connectivity index (χ0v) is 7.64. The second kappa shape index (κ2) is 4.12. The Labute approximate surface area is 70.3 Å². The van der Waals surface area contributed by atoms with Crippen molar-refractivity contribution in [2.24, 2.45) is 11.8 Å². The molecule has 0 heterocycles. The van der Waals surface area contributed by atoms with Crippen LogP contribution in [-0.4, -0.2) is 11.6 Å². The summed E-state index contributed by atoms with van der Waals surface area (Å²) in [5, 5.41) is 1.11. The largest absolute Gasteiger partial charge is 0.303 e. The van der Waals surface area contributed by atoms with Crippen molar-refractivity contribution >= 4 is 22.2 Å². The molecular weight excluding hydrogens is 192 g/mol. The first-order valence-electron chi connectivity index (χ1n) is 3.88. The van der Waals surface area contributed by atoms with Crippen LogP contribution in [0.1, 0.15) is 25.7 Å². The van der Waals surface area contributed by atoms with Crippen LogP contribution in [0.5, 0.6) is 0 Å². The first kappa shape index (κ1) is 8.25. The molecule has 0 unspecified atom stereocenters. The second-order valence-corrected chi connectivity index (χ2v) is 3.72. The van der Waals surface area contributed by atoms with Gasteiger partial charge in [0, 0.05) is 11.2 Å². The van der Waals surface area contributed by atoms with Crippen LogP contribution in [0.4, 0.5) is 0 Å². The maximum atomic E-state index is 10.3. The molecule has 0 spiro atoms. The Morgan fingerprint density at radius 2 is 1.90 bits per heavy atom. The SMILES string of the molecule is O=CC1CCC(CBr)CC1. The normalized spacial score (nSPS) is 33.7. The predicted molar refractivity (Wildman–Crippen MR) is 45.3 cm³/mol. The first-order valence-corrected chi connectivity index (χ1v) is 5.00. The molecule has 0 N–H and O–H groups in total. The highest BCUT2D eigenvalue weighted by Crippen LogP contribution is 2.28. The molecule has 2 heteroatoms. The summed E-state index contributed by atoms with van der Waals surface area (Å²) in [4.78, 5) is 10.3. The summed E-state index contributed by atoms with van der Waals surface area (Å²) in [5.41, 5.74) is 0. The van der Waals surface area contributed by atoms with Crippen LogP contribution in [0, 0.1) is 11.8 Å². The van der Waals surface area contributed by atoms with Crippen LogP contribution in [0.3, 0.4) is 0 Å².